The Morgan fingerprint density at radius 3 is 2.74 bits per heavy atom. The maximum absolute atomic E-state index is 12.0. The molecule has 0 saturated carbocycles. The molecule has 1 aliphatic rings. The Bertz CT molecular complexity index is 771. The fourth-order valence-electron chi connectivity index (χ4n) is 3.44. The van der Waals surface area contributed by atoms with Gasteiger partial charge in [0, 0.05) is 9.75 Å². The predicted octanol–water partition coefficient (Wildman–Crippen LogP) is 4.43. The van der Waals surface area contributed by atoms with Crippen LogP contribution in [0.2, 0.25) is 0 Å². The molecule has 4 heteroatoms. The van der Waals surface area contributed by atoms with Gasteiger partial charge in [-0.1, -0.05) is 32.0 Å². The van der Waals surface area contributed by atoms with Gasteiger partial charge in [-0.05, 0) is 53.9 Å². The number of hydrogen-bond donors (Lipinski definition) is 2. The second kappa shape index (κ2) is 5.77. The van der Waals surface area contributed by atoms with Crippen molar-refractivity contribution in [1.29, 1.82) is 0 Å². The molecule has 0 amide bonds. The van der Waals surface area contributed by atoms with E-state index in [2.05, 4.69) is 13.8 Å². The lowest BCUT2D eigenvalue weighted by atomic mass is 9.76. The van der Waals surface area contributed by atoms with Crippen LogP contribution in [0.25, 0.3) is 10.4 Å². The summed E-state index contributed by atoms with van der Waals surface area (Å²) in [5, 5.41) is 19.3. The van der Waals surface area contributed by atoms with E-state index >= 15 is 0 Å². The zero-order chi connectivity index (χ0) is 16.8. The molecule has 0 atom stereocenters. The quantitative estimate of drug-likeness (QED) is 0.875. The molecule has 0 unspecified atom stereocenters. The summed E-state index contributed by atoms with van der Waals surface area (Å²) < 4.78 is 0. The van der Waals surface area contributed by atoms with E-state index < -0.39 is 5.97 Å². The first-order valence-electron chi connectivity index (χ1n) is 7.91. The second-order valence-corrected chi connectivity index (χ2v) is 8.21. The molecule has 122 valence electrons. The minimum atomic E-state index is -0.844. The largest absolute Gasteiger partial charge is 0.478 e. The van der Waals surface area contributed by atoms with Crippen molar-refractivity contribution in [2.75, 3.05) is 0 Å². The van der Waals surface area contributed by atoms with Crippen LogP contribution < -0.4 is 0 Å². The predicted molar refractivity (Wildman–Crippen MR) is 93.2 cm³/mol. The monoisotopic (exact) mass is 330 g/mol. The molecule has 0 fully saturated rings. The normalized spacial score (nSPS) is 16.2. The summed E-state index contributed by atoms with van der Waals surface area (Å²) in [6.45, 7) is 6.34. The first kappa shape index (κ1) is 16.2. The van der Waals surface area contributed by atoms with Crippen molar-refractivity contribution in [1.82, 2.24) is 0 Å². The summed E-state index contributed by atoms with van der Waals surface area (Å²) in [6.07, 6.45) is 2.86. The molecule has 1 aromatic heterocycles. The van der Waals surface area contributed by atoms with E-state index in [-0.39, 0.29) is 12.0 Å². The molecule has 0 saturated heterocycles. The Kier molecular flexibility index (Phi) is 4.07. The number of aryl methyl sites for hydroxylation is 1. The Balaban J connectivity index is 2.22. The number of aromatic carboxylic acids is 1. The highest BCUT2D eigenvalue weighted by molar-refractivity contribution is 7.16. The summed E-state index contributed by atoms with van der Waals surface area (Å²) in [5.74, 6) is -0.844. The van der Waals surface area contributed by atoms with Crippen molar-refractivity contribution in [3.8, 4) is 10.4 Å². The maximum atomic E-state index is 12.0. The van der Waals surface area contributed by atoms with E-state index in [0.29, 0.717) is 5.56 Å². The van der Waals surface area contributed by atoms with Crippen LogP contribution in [0.15, 0.2) is 18.2 Å². The highest BCUT2D eigenvalue weighted by Gasteiger charge is 2.33. The van der Waals surface area contributed by atoms with E-state index in [0.717, 1.165) is 46.4 Å². The third-order valence-electron chi connectivity index (χ3n) is 4.85. The Hall–Kier alpha value is -1.65. The smallest absolute Gasteiger partial charge is 0.337 e. The first-order chi connectivity index (χ1) is 10.8. The molecular formula is C19H22O3S. The molecule has 3 nitrogen and oxygen atoms in total. The van der Waals surface area contributed by atoms with Crippen LogP contribution in [0.5, 0.6) is 0 Å². The summed E-state index contributed by atoms with van der Waals surface area (Å²) in [7, 11) is 0. The molecule has 23 heavy (non-hydrogen) atoms. The SMILES string of the molecule is Cc1c(CO)cccc1-c1sc2c(c1C(=O)O)CC(C)(C)CC2. The molecule has 0 radical (unpaired) electrons. The zero-order valence-electron chi connectivity index (χ0n) is 13.8. The molecule has 2 N–H and O–H groups in total. The second-order valence-electron chi connectivity index (χ2n) is 7.10. The van der Waals surface area contributed by atoms with Gasteiger partial charge in [0.15, 0.2) is 0 Å². The zero-order valence-corrected chi connectivity index (χ0v) is 14.6. The fraction of sp³-hybridized carbons (Fsp3) is 0.421. The van der Waals surface area contributed by atoms with E-state index in [4.69, 9.17) is 0 Å². The van der Waals surface area contributed by atoms with Gasteiger partial charge in [0.2, 0.25) is 0 Å². The van der Waals surface area contributed by atoms with Crippen LogP contribution in [0, 0.1) is 12.3 Å². The summed E-state index contributed by atoms with van der Waals surface area (Å²) in [4.78, 5) is 14.0. The topological polar surface area (TPSA) is 57.5 Å². The van der Waals surface area contributed by atoms with Crippen LogP contribution in [-0.4, -0.2) is 16.2 Å². The molecule has 0 spiro atoms. The number of carboxylic acids is 1. The lowest BCUT2D eigenvalue weighted by molar-refractivity contribution is 0.0696. The van der Waals surface area contributed by atoms with Gasteiger partial charge in [0.05, 0.1) is 12.2 Å². The molecule has 3 rings (SSSR count). The number of carbonyl (C=O) groups is 1. The third kappa shape index (κ3) is 2.81. The van der Waals surface area contributed by atoms with Crippen molar-refractivity contribution >= 4 is 17.3 Å². The van der Waals surface area contributed by atoms with E-state index in [1.54, 1.807) is 11.3 Å². The summed E-state index contributed by atoms with van der Waals surface area (Å²) >= 11 is 1.62. The lowest BCUT2D eigenvalue weighted by Crippen LogP contribution is -2.22. The number of carboxylic acid groups (broad SMARTS) is 1. The fourth-order valence-corrected chi connectivity index (χ4v) is 4.83. The Morgan fingerprint density at radius 1 is 1.35 bits per heavy atom. The maximum Gasteiger partial charge on any atom is 0.337 e. The molecule has 1 heterocycles. The molecular weight excluding hydrogens is 308 g/mol. The summed E-state index contributed by atoms with van der Waals surface area (Å²) in [6, 6.07) is 5.74. The highest BCUT2D eigenvalue weighted by atomic mass is 32.1. The van der Waals surface area contributed by atoms with Crippen molar-refractivity contribution in [2.45, 2.75) is 46.6 Å². The lowest BCUT2D eigenvalue weighted by Gasteiger charge is -2.29. The summed E-state index contributed by atoms with van der Waals surface area (Å²) in [5.41, 5.74) is 4.39. The Morgan fingerprint density at radius 2 is 2.09 bits per heavy atom. The van der Waals surface area contributed by atoms with Gasteiger partial charge in [-0.15, -0.1) is 11.3 Å². The van der Waals surface area contributed by atoms with Crippen LogP contribution in [0.3, 0.4) is 0 Å². The van der Waals surface area contributed by atoms with Gasteiger partial charge in [0.25, 0.3) is 0 Å². The number of rotatable bonds is 3. The van der Waals surface area contributed by atoms with Crippen LogP contribution in [-0.2, 0) is 19.4 Å². The van der Waals surface area contributed by atoms with Crippen molar-refractivity contribution < 1.29 is 15.0 Å². The minimum Gasteiger partial charge on any atom is -0.478 e. The van der Waals surface area contributed by atoms with Crippen LogP contribution in [0.4, 0.5) is 0 Å². The molecule has 1 aromatic carbocycles. The standard InChI is InChI=1S/C19H22O3S/c1-11-12(10-20)5-4-6-13(11)17-16(18(21)22)14-9-19(2,3)8-7-15(14)23-17/h4-6,20H,7-10H2,1-3H3,(H,21,22). The minimum absolute atomic E-state index is 0.0276. The van der Waals surface area contributed by atoms with Crippen LogP contribution >= 0.6 is 11.3 Å². The molecule has 2 aromatic rings. The van der Waals surface area contributed by atoms with Crippen molar-refractivity contribution in [3.63, 3.8) is 0 Å². The third-order valence-corrected chi connectivity index (χ3v) is 6.17. The average molecular weight is 330 g/mol. The number of fused-ring (bicyclic) bond motifs is 1. The van der Waals surface area contributed by atoms with Gasteiger partial charge < -0.3 is 10.2 Å². The van der Waals surface area contributed by atoms with Gasteiger partial charge >= 0.3 is 5.97 Å². The van der Waals surface area contributed by atoms with Gasteiger partial charge in [-0.2, -0.15) is 0 Å². The average Bonchev–Trinajstić information content (AvgIpc) is 2.84. The van der Waals surface area contributed by atoms with E-state index in [1.165, 1.54) is 4.88 Å². The van der Waals surface area contributed by atoms with Gasteiger partial charge in [0.1, 0.15) is 0 Å². The molecule has 0 aliphatic heterocycles. The number of benzene rings is 1. The van der Waals surface area contributed by atoms with Gasteiger partial charge in [-0.25, -0.2) is 4.79 Å². The van der Waals surface area contributed by atoms with Crippen LogP contribution in [0.1, 0.15) is 52.2 Å². The first-order valence-corrected chi connectivity index (χ1v) is 8.73. The number of aliphatic hydroxyl groups is 1. The Labute approximate surface area is 140 Å². The van der Waals surface area contributed by atoms with E-state index in [9.17, 15) is 15.0 Å². The van der Waals surface area contributed by atoms with E-state index in [1.807, 2.05) is 25.1 Å². The number of aliphatic hydroxyl groups excluding tert-OH is 1. The molecule has 0 bridgehead atoms. The van der Waals surface area contributed by atoms with Gasteiger partial charge in [-0.3, -0.25) is 0 Å². The van der Waals surface area contributed by atoms with Crippen molar-refractivity contribution in [2.24, 2.45) is 5.41 Å². The molecule has 1 aliphatic carbocycles. The number of hydrogen-bond acceptors (Lipinski definition) is 3. The van der Waals surface area contributed by atoms with Crippen molar-refractivity contribution in [3.05, 3.63) is 45.3 Å². The number of thiophene rings is 1. The highest BCUT2D eigenvalue weighted by Crippen LogP contribution is 2.45.